The van der Waals surface area contributed by atoms with E-state index in [-0.39, 0.29) is 11.7 Å². The summed E-state index contributed by atoms with van der Waals surface area (Å²) in [5, 5.41) is 11.3. The third-order valence-corrected chi connectivity index (χ3v) is 5.41. The lowest BCUT2D eigenvalue weighted by molar-refractivity contribution is -0.115. The van der Waals surface area contributed by atoms with Crippen LogP contribution in [0.3, 0.4) is 0 Å². The van der Waals surface area contributed by atoms with Crippen LogP contribution in [0.15, 0.2) is 47.6 Å². The van der Waals surface area contributed by atoms with Gasteiger partial charge in [0.2, 0.25) is 5.91 Å². The minimum absolute atomic E-state index is 0.234. The van der Waals surface area contributed by atoms with E-state index < -0.39 is 5.25 Å². The molecule has 0 spiro atoms. The summed E-state index contributed by atoms with van der Waals surface area (Å²) in [6.07, 6.45) is 0. The number of nitrogens with zero attached hydrogens (tertiary/aromatic N) is 3. The van der Waals surface area contributed by atoms with Gasteiger partial charge in [0.25, 0.3) is 0 Å². The zero-order chi connectivity index (χ0) is 20.3. The van der Waals surface area contributed by atoms with Crippen molar-refractivity contribution in [2.75, 3.05) is 12.4 Å². The van der Waals surface area contributed by atoms with Gasteiger partial charge in [0.05, 0.1) is 12.4 Å². The molecular formula is C20H21FN4O2S. The van der Waals surface area contributed by atoms with E-state index in [1.54, 1.807) is 33.1 Å². The molecule has 0 saturated heterocycles. The van der Waals surface area contributed by atoms with Crippen molar-refractivity contribution < 1.29 is 13.9 Å². The zero-order valence-electron chi connectivity index (χ0n) is 16.1. The van der Waals surface area contributed by atoms with Gasteiger partial charge in [0.15, 0.2) is 11.0 Å². The van der Waals surface area contributed by atoms with Crippen molar-refractivity contribution in [3.8, 4) is 17.1 Å². The molecule has 8 heteroatoms. The standard InChI is InChI=1S/C20H21FN4O2S/c1-12-5-8-15(11-17(12)21)22-19(26)13(2)28-20-24-23-18(25(20)3)14-6-9-16(27-4)10-7-14/h5-11,13H,1-4H3,(H,22,26)/t13-/m0/s1. The number of amides is 1. The molecule has 146 valence electrons. The molecule has 3 rings (SSSR count). The minimum atomic E-state index is -0.434. The van der Waals surface area contributed by atoms with Crippen LogP contribution in [-0.2, 0) is 11.8 Å². The lowest BCUT2D eigenvalue weighted by Gasteiger charge is -2.12. The first-order valence-electron chi connectivity index (χ1n) is 8.66. The number of ether oxygens (including phenoxy) is 1. The number of aromatic nitrogens is 3. The van der Waals surface area contributed by atoms with Gasteiger partial charge in [-0.3, -0.25) is 4.79 Å². The van der Waals surface area contributed by atoms with Crippen molar-refractivity contribution >= 4 is 23.4 Å². The number of anilines is 1. The predicted octanol–water partition coefficient (Wildman–Crippen LogP) is 4.06. The molecule has 0 aliphatic carbocycles. The average molecular weight is 400 g/mol. The molecule has 1 N–H and O–H groups in total. The summed E-state index contributed by atoms with van der Waals surface area (Å²) in [5.74, 6) is 0.870. The van der Waals surface area contributed by atoms with Crippen molar-refractivity contribution in [3.05, 3.63) is 53.8 Å². The fraction of sp³-hybridized carbons (Fsp3) is 0.250. The van der Waals surface area contributed by atoms with E-state index in [1.807, 2.05) is 35.9 Å². The third kappa shape index (κ3) is 4.33. The fourth-order valence-corrected chi connectivity index (χ4v) is 3.35. The highest BCUT2D eigenvalue weighted by molar-refractivity contribution is 8.00. The van der Waals surface area contributed by atoms with Gasteiger partial charge >= 0.3 is 0 Å². The van der Waals surface area contributed by atoms with E-state index in [9.17, 15) is 9.18 Å². The Kier molecular flexibility index (Phi) is 5.99. The number of thioether (sulfide) groups is 1. The van der Waals surface area contributed by atoms with Crippen molar-refractivity contribution in [2.45, 2.75) is 24.3 Å². The summed E-state index contributed by atoms with van der Waals surface area (Å²) >= 11 is 1.29. The fourth-order valence-electron chi connectivity index (χ4n) is 2.54. The number of halogens is 1. The van der Waals surface area contributed by atoms with E-state index in [0.29, 0.717) is 22.2 Å². The maximum Gasteiger partial charge on any atom is 0.237 e. The van der Waals surface area contributed by atoms with Gasteiger partial charge in [-0.15, -0.1) is 10.2 Å². The van der Waals surface area contributed by atoms with Gasteiger partial charge in [-0.1, -0.05) is 17.8 Å². The molecule has 0 bridgehead atoms. The highest BCUT2D eigenvalue weighted by atomic mass is 32.2. The maximum atomic E-state index is 13.7. The topological polar surface area (TPSA) is 69.0 Å². The van der Waals surface area contributed by atoms with Crippen LogP contribution in [0.4, 0.5) is 10.1 Å². The Balaban J connectivity index is 1.69. The van der Waals surface area contributed by atoms with Crippen LogP contribution in [-0.4, -0.2) is 33.0 Å². The summed E-state index contributed by atoms with van der Waals surface area (Å²) in [4.78, 5) is 12.4. The van der Waals surface area contributed by atoms with Crippen LogP contribution >= 0.6 is 11.8 Å². The van der Waals surface area contributed by atoms with Crippen molar-refractivity contribution in [2.24, 2.45) is 7.05 Å². The van der Waals surface area contributed by atoms with Crippen LogP contribution in [0.5, 0.6) is 5.75 Å². The molecule has 6 nitrogen and oxygen atoms in total. The number of aryl methyl sites for hydroxylation is 1. The van der Waals surface area contributed by atoms with E-state index in [0.717, 1.165) is 11.3 Å². The van der Waals surface area contributed by atoms with E-state index >= 15 is 0 Å². The van der Waals surface area contributed by atoms with Crippen LogP contribution in [0.25, 0.3) is 11.4 Å². The van der Waals surface area contributed by atoms with Gasteiger partial charge in [-0.2, -0.15) is 0 Å². The highest BCUT2D eigenvalue weighted by Crippen LogP contribution is 2.27. The quantitative estimate of drug-likeness (QED) is 0.632. The van der Waals surface area contributed by atoms with Gasteiger partial charge in [-0.05, 0) is 55.8 Å². The molecule has 1 aromatic heterocycles. The Morgan fingerprint density at radius 1 is 1.21 bits per heavy atom. The van der Waals surface area contributed by atoms with Crippen molar-refractivity contribution in [1.82, 2.24) is 14.8 Å². The summed E-state index contributed by atoms with van der Waals surface area (Å²) in [7, 11) is 3.46. The van der Waals surface area contributed by atoms with Crippen LogP contribution in [0.2, 0.25) is 0 Å². The van der Waals surface area contributed by atoms with E-state index in [4.69, 9.17) is 4.74 Å². The van der Waals surface area contributed by atoms with Gasteiger partial charge < -0.3 is 14.6 Å². The predicted molar refractivity (Wildman–Crippen MR) is 108 cm³/mol. The van der Waals surface area contributed by atoms with Gasteiger partial charge in [0, 0.05) is 18.3 Å². The Hall–Kier alpha value is -2.87. The Morgan fingerprint density at radius 2 is 1.93 bits per heavy atom. The summed E-state index contributed by atoms with van der Waals surface area (Å²) in [6.45, 7) is 3.44. The highest BCUT2D eigenvalue weighted by Gasteiger charge is 2.20. The monoisotopic (exact) mass is 400 g/mol. The first-order chi connectivity index (χ1) is 13.4. The first kappa shape index (κ1) is 19.9. The number of benzene rings is 2. The molecule has 28 heavy (non-hydrogen) atoms. The number of hydrogen-bond acceptors (Lipinski definition) is 5. The van der Waals surface area contributed by atoms with Crippen molar-refractivity contribution in [3.63, 3.8) is 0 Å². The number of carbonyl (C=O) groups excluding carboxylic acids is 1. The lowest BCUT2D eigenvalue weighted by atomic mass is 10.2. The van der Waals surface area contributed by atoms with Gasteiger partial charge in [-0.25, -0.2) is 4.39 Å². The smallest absolute Gasteiger partial charge is 0.237 e. The molecule has 2 aromatic carbocycles. The molecule has 0 aliphatic rings. The molecule has 0 unspecified atom stereocenters. The van der Waals surface area contributed by atoms with Crippen LogP contribution in [0.1, 0.15) is 12.5 Å². The molecule has 1 atom stereocenters. The molecule has 0 fully saturated rings. The number of nitrogens with one attached hydrogen (secondary N) is 1. The van der Waals surface area contributed by atoms with Gasteiger partial charge in [0.1, 0.15) is 11.6 Å². The number of hydrogen-bond donors (Lipinski definition) is 1. The van der Waals surface area contributed by atoms with Crippen LogP contribution < -0.4 is 10.1 Å². The zero-order valence-corrected chi connectivity index (χ0v) is 16.9. The average Bonchev–Trinajstić information content (AvgIpc) is 3.05. The van der Waals surface area contributed by atoms with E-state index in [2.05, 4.69) is 15.5 Å². The summed E-state index contributed by atoms with van der Waals surface area (Å²) in [5.41, 5.74) is 1.86. The van der Waals surface area contributed by atoms with Crippen LogP contribution in [0, 0.1) is 12.7 Å². The summed E-state index contributed by atoms with van der Waals surface area (Å²) in [6, 6.07) is 12.1. The Bertz CT molecular complexity index is 988. The second-order valence-electron chi connectivity index (χ2n) is 6.31. The maximum absolute atomic E-state index is 13.7. The Morgan fingerprint density at radius 3 is 2.57 bits per heavy atom. The molecular weight excluding hydrogens is 379 g/mol. The second kappa shape index (κ2) is 8.43. The molecule has 1 amide bonds. The minimum Gasteiger partial charge on any atom is -0.497 e. The Labute approximate surface area is 167 Å². The van der Waals surface area contributed by atoms with Crippen molar-refractivity contribution in [1.29, 1.82) is 0 Å². The number of methoxy groups -OCH3 is 1. The lowest BCUT2D eigenvalue weighted by Crippen LogP contribution is -2.23. The first-order valence-corrected chi connectivity index (χ1v) is 9.54. The SMILES string of the molecule is COc1ccc(-c2nnc(S[C@@H](C)C(=O)Nc3ccc(C)c(F)c3)n2C)cc1. The normalized spacial score (nSPS) is 11.9. The number of rotatable bonds is 6. The third-order valence-electron chi connectivity index (χ3n) is 4.27. The molecule has 0 radical (unpaired) electrons. The van der Waals surface area contributed by atoms with E-state index in [1.165, 1.54) is 17.8 Å². The molecule has 0 saturated carbocycles. The molecule has 3 aromatic rings. The summed E-state index contributed by atoms with van der Waals surface area (Å²) < 4.78 is 20.7. The molecule has 1 heterocycles. The molecule has 0 aliphatic heterocycles. The largest absolute Gasteiger partial charge is 0.497 e. The second-order valence-corrected chi connectivity index (χ2v) is 7.61. The number of carbonyl (C=O) groups is 1.